The fraction of sp³-hybridized carbons (Fsp3) is 0.812. The molecule has 1 heterocycles. The number of nitrogen functional groups attached to an aromatic ring is 1. The maximum absolute atomic E-state index is 12.3. The first-order chi connectivity index (χ1) is 11.2. The standard InChI is InChI=1S/C16H29N5OS/c1-3-10-20(11-4-2)14(22)12-23-16-19-18-15(21(16)17)13-8-6-5-7-9-13/h13H,3-12,17H2,1-2H3. The predicted octanol–water partition coefficient (Wildman–Crippen LogP) is 2.78. The Morgan fingerprint density at radius 1 is 1.22 bits per heavy atom. The molecule has 0 aromatic carbocycles. The van der Waals surface area contributed by atoms with Gasteiger partial charge in [0.2, 0.25) is 11.1 Å². The Labute approximate surface area is 143 Å². The second kappa shape index (κ2) is 9.15. The summed E-state index contributed by atoms with van der Waals surface area (Å²) in [7, 11) is 0. The van der Waals surface area contributed by atoms with Crippen LogP contribution in [0.1, 0.15) is 70.5 Å². The second-order valence-electron chi connectivity index (χ2n) is 6.22. The summed E-state index contributed by atoms with van der Waals surface area (Å²) in [6.45, 7) is 5.82. The van der Waals surface area contributed by atoms with Crippen molar-refractivity contribution in [2.75, 3.05) is 24.7 Å². The highest BCUT2D eigenvalue weighted by Gasteiger charge is 2.23. The third kappa shape index (κ3) is 4.86. The van der Waals surface area contributed by atoms with Gasteiger partial charge in [0.15, 0.2) is 5.82 Å². The van der Waals surface area contributed by atoms with Crippen LogP contribution in [-0.4, -0.2) is 44.5 Å². The lowest BCUT2D eigenvalue weighted by atomic mass is 9.89. The van der Waals surface area contributed by atoms with Gasteiger partial charge in [-0.15, -0.1) is 10.2 Å². The summed E-state index contributed by atoms with van der Waals surface area (Å²) >= 11 is 1.39. The molecule has 1 amide bonds. The molecule has 23 heavy (non-hydrogen) atoms. The fourth-order valence-electron chi connectivity index (χ4n) is 3.14. The maximum atomic E-state index is 12.3. The fourth-order valence-corrected chi connectivity index (χ4v) is 3.91. The number of carbonyl (C=O) groups excluding carboxylic acids is 1. The number of amides is 1. The number of aromatic nitrogens is 3. The molecule has 0 atom stereocenters. The average Bonchev–Trinajstić information content (AvgIpc) is 2.94. The Morgan fingerprint density at radius 3 is 2.48 bits per heavy atom. The number of hydrogen-bond donors (Lipinski definition) is 1. The van der Waals surface area contributed by atoms with Gasteiger partial charge in [-0.05, 0) is 25.7 Å². The minimum absolute atomic E-state index is 0.154. The van der Waals surface area contributed by atoms with E-state index in [1.807, 2.05) is 4.90 Å². The number of rotatable bonds is 8. The molecule has 2 rings (SSSR count). The van der Waals surface area contributed by atoms with Gasteiger partial charge in [-0.25, -0.2) is 4.68 Å². The van der Waals surface area contributed by atoms with E-state index in [9.17, 15) is 4.79 Å². The minimum Gasteiger partial charge on any atom is -0.342 e. The minimum atomic E-state index is 0.154. The summed E-state index contributed by atoms with van der Waals surface area (Å²) in [5.74, 6) is 7.98. The summed E-state index contributed by atoms with van der Waals surface area (Å²) in [4.78, 5) is 14.2. The van der Waals surface area contributed by atoms with E-state index >= 15 is 0 Å². The van der Waals surface area contributed by atoms with Gasteiger partial charge in [-0.1, -0.05) is 44.9 Å². The molecule has 130 valence electrons. The Hall–Kier alpha value is -1.24. The molecule has 1 aliphatic rings. The van der Waals surface area contributed by atoms with Gasteiger partial charge in [0, 0.05) is 19.0 Å². The highest BCUT2D eigenvalue weighted by molar-refractivity contribution is 7.99. The van der Waals surface area contributed by atoms with Gasteiger partial charge in [-0.3, -0.25) is 4.79 Å². The van der Waals surface area contributed by atoms with Gasteiger partial charge in [0.05, 0.1) is 5.75 Å². The Bertz CT molecular complexity index is 493. The summed E-state index contributed by atoms with van der Waals surface area (Å²) in [6, 6.07) is 0. The molecule has 0 spiro atoms. The monoisotopic (exact) mass is 339 g/mol. The van der Waals surface area contributed by atoms with Crippen molar-refractivity contribution >= 4 is 17.7 Å². The first-order valence-corrected chi connectivity index (χ1v) is 9.76. The van der Waals surface area contributed by atoms with Crippen LogP contribution in [0.15, 0.2) is 5.16 Å². The molecule has 7 heteroatoms. The van der Waals surface area contributed by atoms with Crippen LogP contribution in [0.5, 0.6) is 0 Å². The van der Waals surface area contributed by atoms with Crippen LogP contribution >= 0.6 is 11.8 Å². The third-order valence-corrected chi connectivity index (χ3v) is 5.25. The Balaban J connectivity index is 1.92. The highest BCUT2D eigenvalue weighted by Crippen LogP contribution is 2.32. The molecule has 1 aromatic heterocycles. The van der Waals surface area contributed by atoms with E-state index in [1.165, 1.54) is 31.0 Å². The van der Waals surface area contributed by atoms with Crippen molar-refractivity contribution < 1.29 is 4.79 Å². The van der Waals surface area contributed by atoms with Crippen molar-refractivity contribution in [1.82, 2.24) is 19.8 Å². The van der Waals surface area contributed by atoms with Gasteiger partial charge in [0.1, 0.15) is 0 Å². The quantitative estimate of drug-likeness (QED) is 0.582. The number of nitrogens with zero attached hydrogens (tertiary/aromatic N) is 4. The molecule has 0 unspecified atom stereocenters. The summed E-state index contributed by atoms with van der Waals surface area (Å²) < 4.78 is 1.60. The van der Waals surface area contributed by atoms with Gasteiger partial charge in [0.25, 0.3) is 0 Å². The van der Waals surface area contributed by atoms with Crippen LogP contribution in [0.2, 0.25) is 0 Å². The van der Waals surface area contributed by atoms with Crippen molar-refractivity contribution in [3.63, 3.8) is 0 Å². The lowest BCUT2D eigenvalue weighted by Gasteiger charge is -2.21. The van der Waals surface area contributed by atoms with Crippen molar-refractivity contribution in [1.29, 1.82) is 0 Å². The maximum Gasteiger partial charge on any atom is 0.233 e. The average molecular weight is 340 g/mol. The van der Waals surface area contributed by atoms with Gasteiger partial charge >= 0.3 is 0 Å². The van der Waals surface area contributed by atoms with E-state index in [1.54, 1.807) is 4.68 Å². The van der Waals surface area contributed by atoms with Crippen LogP contribution < -0.4 is 5.84 Å². The Morgan fingerprint density at radius 2 is 1.87 bits per heavy atom. The van der Waals surface area contributed by atoms with Gasteiger partial charge in [-0.2, -0.15) is 0 Å². The second-order valence-corrected chi connectivity index (χ2v) is 7.16. The summed E-state index contributed by atoms with van der Waals surface area (Å²) in [5, 5.41) is 9.12. The van der Waals surface area contributed by atoms with Crippen molar-refractivity contribution in [2.45, 2.75) is 69.9 Å². The molecular weight excluding hydrogens is 310 g/mol. The molecule has 0 aliphatic heterocycles. The smallest absolute Gasteiger partial charge is 0.233 e. The number of nitrogens with two attached hydrogens (primary N) is 1. The first-order valence-electron chi connectivity index (χ1n) is 8.78. The SMILES string of the molecule is CCCN(CCC)C(=O)CSc1nnc(C2CCCCC2)n1N. The van der Waals surface area contributed by atoms with Crippen LogP contribution in [0.4, 0.5) is 0 Å². The molecule has 6 nitrogen and oxygen atoms in total. The molecular formula is C16H29N5OS. The van der Waals surface area contributed by atoms with E-state index in [2.05, 4.69) is 24.0 Å². The Kier molecular flexibility index (Phi) is 7.20. The van der Waals surface area contributed by atoms with Crippen LogP contribution in [0.25, 0.3) is 0 Å². The largest absolute Gasteiger partial charge is 0.342 e. The van der Waals surface area contributed by atoms with E-state index < -0.39 is 0 Å². The lowest BCUT2D eigenvalue weighted by molar-refractivity contribution is -0.128. The molecule has 1 saturated carbocycles. The number of hydrogen-bond acceptors (Lipinski definition) is 5. The number of thioether (sulfide) groups is 1. The van der Waals surface area contributed by atoms with Gasteiger partial charge < -0.3 is 10.7 Å². The molecule has 1 aliphatic carbocycles. The van der Waals surface area contributed by atoms with Crippen LogP contribution in [0, 0.1) is 0 Å². The van der Waals surface area contributed by atoms with Crippen LogP contribution in [0.3, 0.4) is 0 Å². The number of carbonyl (C=O) groups is 1. The lowest BCUT2D eigenvalue weighted by Crippen LogP contribution is -2.34. The summed E-state index contributed by atoms with van der Waals surface area (Å²) in [5.41, 5.74) is 0. The molecule has 1 aromatic rings. The topological polar surface area (TPSA) is 77.0 Å². The zero-order chi connectivity index (χ0) is 16.7. The molecule has 0 bridgehead atoms. The molecule has 0 radical (unpaired) electrons. The molecule has 0 saturated heterocycles. The van der Waals surface area contributed by atoms with E-state index in [0.29, 0.717) is 16.8 Å². The molecule has 2 N–H and O–H groups in total. The first kappa shape index (κ1) is 18.1. The third-order valence-electron chi connectivity index (χ3n) is 4.33. The zero-order valence-electron chi connectivity index (χ0n) is 14.3. The van der Waals surface area contributed by atoms with E-state index in [4.69, 9.17) is 5.84 Å². The summed E-state index contributed by atoms with van der Waals surface area (Å²) in [6.07, 6.45) is 8.02. The van der Waals surface area contributed by atoms with E-state index in [0.717, 1.165) is 44.6 Å². The van der Waals surface area contributed by atoms with Crippen molar-refractivity contribution in [3.05, 3.63) is 5.82 Å². The predicted molar refractivity (Wildman–Crippen MR) is 93.9 cm³/mol. The van der Waals surface area contributed by atoms with Crippen LogP contribution in [-0.2, 0) is 4.79 Å². The highest BCUT2D eigenvalue weighted by atomic mass is 32.2. The zero-order valence-corrected chi connectivity index (χ0v) is 15.1. The van der Waals surface area contributed by atoms with E-state index in [-0.39, 0.29) is 5.91 Å². The van der Waals surface area contributed by atoms with Crippen molar-refractivity contribution in [2.24, 2.45) is 0 Å². The normalized spacial score (nSPS) is 15.7. The van der Waals surface area contributed by atoms with Crippen molar-refractivity contribution in [3.8, 4) is 0 Å². The molecule has 1 fully saturated rings.